The molecular formula is C20H27N3O8S3. The van der Waals surface area contributed by atoms with Crippen LogP contribution in [0, 0.1) is 0 Å². The zero-order valence-electron chi connectivity index (χ0n) is 18.5. The van der Waals surface area contributed by atoms with E-state index in [0.717, 1.165) is 23.1 Å². The van der Waals surface area contributed by atoms with Crippen molar-refractivity contribution in [2.45, 2.75) is 48.0 Å². The van der Waals surface area contributed by atoms with Crippen molar-refractivity contribution < 1.29 is 37.4 Å². The van der Waals surface area contributed by atoms with E-state index in [1.165, 1.54) is 23.0 Å². The highest BCUT2D eigenvalue weighted by molar-refractivity contribution is 8.00. The molecule has 3 atom stereocenters. The number of piperidine rings is 1. The molecule has 0 bridgehead atoms. The first-order chi connectivity index (χ1) is 16.1. The third-order valence-electron chi connectivity index (χ3n) is 5.75. The van der Waals surface area contributed by atoms with Crippen LogP contribution in [0.3, 0.4) is 0 Å². The number of likely N-dealkylation sites (tertiary alicyclic amines) is 2. The molecule has 0 unspecified atom stereocenters. The van der Waals surface area contributed by atoms with Gasteiger partial charge in [0.15, 0.2) is 0 Å². The van der Waals surface area contributed by atoms with Gasteiger partial charge in [-0.1, -0.05) is 6.07 Å². The Kier molecular flexibility index (Phi) is 8.95. The number of amides is 2. The van der Waals surface area contributed by atoms with Crippen molar-refractivity contribution in [3.05, 3.63) is 17.5 Å². The van der Waals surface area contributed by atoms with Crippen molar-refractivity contribution in [1.29, 1.82) is 0 Å². The van der Waals surface area contributed by atoms with Crippen molar-refractivity contribution in [2.24, 2.45) is 0 Å². The normalized spacial score (nSPS) is 23.0. The number of methoxy groups -OCH3 is 1. The third kappa shape index (κ3) is 6.29. The molecule has 1 aromatic rings. The summed E-state index contributed by atoms with van der Waals surface area (Å²) >= 11 is 2.00. The van der Waals surface area contributed by atoms with E-state index in [1.54, 1.807) is 11.4 Å². The Bertz CT molecular complexity index is 1010. The fourth-order valence-corrected chi connectivity index (χ4v) is 7.12. The van der Waals surface area contributed by atoms with Gasteiger partial charge < -0.3 is 19.6 Å². The van der Waals surface area contributed by atoms with E-state index in [0.29, 0.717) is 25.8 Å². The Morgan fingerprint density at radius 2 is 1.94 bits per heavy atom. The molecule has 2 amide bonds. The minimum absolute atomic E-state index is 0.0448. The number of carboxylic acids is 1. The zero-order valence-corrected chi connectivity index (χ0v) is 21.0. The quantitative estimate of drug-likeness (QED) is 0.429. The first-order valence-corrected chi connectivity index (χ1v) is 14.2. The highest BCUT2D eigenvalue weighted by Crippen LogP contribution is 2.27. The molecular weight excluding hydrogens is 506 g/mol. The summed E-state index contributed by atoms with van der Waals surface area (Å²) in [5, 5.41) is 10.5. The molecule has 1 aromatic heterocycles. The van der Waals surface area contributed by atoms with Gasteiger partial charge in [-0.3, -0.25) is 14.4 Å². The van der Waals surface area contributed by atoms with E-state index in [9.17, 15) is 27.6 Å². The predicted molar refractivity (Wildman–Crippen MR) is 125 cm³/mol. The van der Waals surface area contributed by atoms with Crippen molar-refractivity contribution in [3.63, 3.8) is 0 Å². The van der Waals surface area contributed by atoms with Gasteiger partial charge >= 0.3 is 11.9 Å². The zero-order chi connectivity index (χ0) is 24.9. The molecule has 2 aliphatic heterocycles. The van der Waals surface area contributed by atoms with Crippen molar-refractivity contribution in [1.82, 2.24) is 14.5 Å². The number of thioether (sulfide) groups is 1. The van der Waals surface area contributed by atoms with Gasteiger partial charge in [0, 0.05) is 19.1 Å². The Labute approximate surface area is 205 Å². The number of sulfonamides is 1. The van der Waals surface area contributed by atoms with Crippen LogP contribution >= 0.6 is 23.1 Å². The van der Waals surface area contributed by atoms with Crippen LogP contribution in [0.25, 0.3) is 0 Å². The Morgan fingerprint density at radius 1 is 1.18 bits per heavy atom. The largest absolute Gasteiger partial charge is 0.481 e. The monoisotopic (exact) mass is 533 g/mol. The van der Waals surface area contributed by atoms with Crippen LogP contribution in [0.1, 0.15) is 25.7 Å². The van der Waals surface area contributed by atoms with Crippen LogP contribution in [0.4, 0.5) is 0 Å². The molecule has 188 valence electrons. The Morgan fingerprint density at radius 3 is 2.59 bits per heavy atom. The number of ether oxygens (including phenoxy) is 1. The summed E-state index contributed by atoms with van der Waals surface area (Å²) in [5.74, 6) is -2.81. The third-order valence-corrected chi connectivity index (χ3v) is 9.57. The van der Waals surface area contributed by atoms with Crippen LogP contribution < -0.4 is 4.72 Å². The molecule has 34 heavy (non-hydrogen) atoms. The van der Waals surface area contributed by atoms with Gasteiger partial charge in [-0.2, -0.15) is 0 Å². The lowest BCUT2D eigenvalue weighted by atomic mass is 9.96. The summed E-state index contributed by atoms with van der Waals surface area (Å²) < 4.78 is 33.0. The number of carbonyl (C=O) groups is 4. The number of rotatable bonds is 9. The topological polar surface area (TPSA) is 150 Å². The summed E-state index contributed by atoms with van der Waals surface area (Å²) in [6, 6.07) is 0.795. The molecule has 3 heterocycles. The number of carbonyl (C=O) groups excluding carboxylic acids is 3. The number of hydrogen-bond donors (Lipinski definition) is 2. The second-order valence-corrected chi connectivity index (χ2v) is 11.9. The predicted octanol–water partition coefficient (Wildman–Crippen LogP) is 0.368. The van der Waals surface area contributed by atoms with E-state index < -0.39 is 51.9 Å². The van der Waals surface area contributed by atoms with E-state index in [4.69, 9.17) is 9.84 Å². The minimum atomic E-state index is -3.78. The van der Waals surface area contributed by atoms with Crippen LogP contribution in [-0.2, 0) is 33.9 Å². The molecule has 2 fully saturated rings. The van der Waals surface area contributed by atoms with Gasteiger partial charge in [0.2, 0.25) is 21.8 Å². The molecule has 0 aliphatic carbocycles. The maximum atomic E-state index is 13.5. The molecule has 0 spiro atoms. The fraction of sp³-hybridized carbons (Fsp3) is 0.600. The standard InChI is InChI=1S/C20H27N3O8S3/c1-31-20(28)14-4-2-7-23(14)19(27)15-10-13(21-34(29,30)18-5-3-9-33-18)6-8-22(15)16(24)11-32-12-17(25)26/h3,5,9,13-15,21H,2,4,6-8,10-12H2,1H3,(H,25,26)/t13-,14+,15-/m0/s1. The molecule has 14 heteroatoms. The summed E-state index contributed by atoms with van der Waals surface area (Å²) in [6.07, 6.45) is 1.39. The number of thiophene rings is 1. The van der Waals surface area contributed by atoms with E-state index in [2.05, 4.69) is 4.72 Å². The van der Waals surface area contributed by atoms with E-state index >= 15 is 0 Å². The first-order valence-electron chi connectivity index (χ1n) is 10.7. The lowest BCUT2D eigenvalue weighted by Gasteiger charge is -2.40. The molecule has 2 aliphatic rings. The van der Waals surface area contributed by atoms with Gasteiger partial charge in [-0.05, 0) is 37.1 Å². The fourth-order valence-electron chi connectivity index (χ4n) is 4.21. The lowest BCUT2D eigenvalue weighted by Crippen LogP contribution is -2.59. The summed E-state index contributed by atoms with van der Waals surface area (Å²) in [6.45, 7) is 0.452. The van der Waals surface area contributed by atoms with Crippen molar-refractivity contribution in [3.8, 4) is 0 Å². The maximum Gasteiger partial charge on any atom is 0.328 e. The van der Waals surface area contributed by atoms with Crippen LogP contribution in [0.15, 0.2) is 21.7 Å². The molecule has 0 radical (unpaired) electrons. The highest BCUT2D eigenvalue weighted by Gasteiger charge is 2.43. The van der Waals surface area contributed by atoms with E-state index in [1.807, 2.05) is 0 Å². The number of nitrogens with zero attached hydrogens (tertiary/aromatic N) is 2. The summed E-state index contributed by atoms with van der Waals surface area (Å²) in [7, 11) is -2.53. The molecule has 3 rings (SSSR count). The van der Waals surface area contributed by atoms with E-state index in [-0.39, 0.29) is 28.7 Å². The molecule has 2 N–H and O–H groups in total. The Balaban J connectivity index is 1.79. The average Bonchev–Trinajstić information content (AvgIpc) is 3.50. The molecule has 2 saturated heterocycles. The molecule has 0 aromatic carbocycles. The number of carboxylic acid groups (broad SMARTS) is 1. The number of aliphatic carboxylic acids is 1. The van der Waals surface area contributed by atoms with Gasteiger partial charge in [0.05, 0.1) is 18.6 Å². The SMILES string of the molecule is COC(=O)[C@H]1CCCN1C(=O)[C@@H]1C[C@@H](NS(=O)(=O)c2cccs2)CCN1C(=O)CSCC(=O)O. The van der Waals surface area contributed by atoms with Crippen LogP contribution in [0.5, 0.6) is 0 Å². The Hall–Kier alpha value is -2.16. The van der Waals surface area contributed by atoms with Gasteiger partial charge in [-0.25, -0.2) is 17.9 Å². The highest BCUT2D eigenvalue weighted by atomic mass is 32.2. The summed E-state index contributed by atoms with van der Waals surface area (Å²) in [5.41, 5.74) is 0. The first kappa shape index (κ1) is 26.4. The lowest BCUT2D eigenvalue weighted by molar-refractivity contribution is -0.155. The number of esters is 1. The smallest absolute Gasteiger partial charge is 0.328 e. The number of nitrogens with one attached hydrogen (secondary N) is 1. The minimum Gasteiger partial charge on any atom is -0.481 e. The second-order valence-electron chi connectivity index (χ2n) is 7.98. The molecule has 11 nitrogen and oxygen atoms in total. The molecule has 0 saturated carbocycles. The van der Waals surface area contributed by atoms with Crippen LogP contribution in [-0.4, -0.2) is 96.9 Å². The number of hydrogen-bond acceptors (Lipinski definition) is 9. The van der Waals surface area contributed by atoms with Gasteiger partial charge in [-0.15, -0.1) is 23.1 Å². The summed E-state index contributed by atoms with van der Waals surface area (Å²) in [4.78, 5) is 52.1. The average molecular weight is 534 g/mol. The maximum absolute atomic E-state index is 13.5. The van der Waals surface area contributed by atoms with Crippen molar-refractivity contribution in [2.75, 3.05) is 31.7 Å². The van der Waals surface area contributed by atoms with Gasteiger partial charge in [0.1, 0.15) is 16.3 Å². The van der Waals surface area contributed by atoms with Crippen LogP contribution in [0.2, 0.25) is 0 Å². The van der Waals surface area contributed by atoms with Crippen molar-refractivity contribution >= 4 is 56.9 Å². The second kappa shape index (κ2) is 11.5. The van der Waals surface area contributed by atoms with Gasteiger partial charge in [0.25, 0.3) is 0 Å².